The van der Waals surface area contributed by atoms with Gasteiger partial charge in [0.1, 0.15) is 6.54 Å². The molecule has 0 unspecified atom stereocenters. The van der Waals surface area contributed by atoms with Gasteiger partial charge in [0, 0.05) is 19.3 Å². The largest absolute Gasteiger partial charge is 0.322 e. The molecule has 7 nitrogen and oxygen atoms in total. The second kappa shape index (κ2) is 5.73. The van der Waals surface area contributed by atoms with E-state index in [-0.39, 0.29) is 24.6 Å². The number of hydrogen-bond donors (Lipinski definition) is 1. The second-order valence-electron chi connectivity index (χ2n) is 4.41. The van der Waals surface area contributed by atoms with Crippen LogP contribution < -0.4 is 5.32 Å². The average Bonchev–Trinajstić information content (AvgIpc) is 2.75. The molecule has 1 aliphatic heterocycles. The van der Waals surface area contributed by atoms with Crippen molar-refractivity contribution in [3.8, 4) is 0 Å². The van der Waals surface area contributed by atoms with Gasteiger partial charge in [-0.2, -0.15) is 5.10 Å². The van der Waals surface area contributed by atoms with Crippen LogP contribution in [0, 0.1) is 0 Å². The monoisotopic (exact) mass is 308 g/mol. The van der Waals surface area contributed by atoms with Gasteiger partial charge in [-0.05, 0) is 0 Å². The lowest BCUT2D eigenvalue weighted by molar-refractivity contribution is 0.122. The highest BCUT2D eigenvalue weighted by Crippen LogP contribution is 2.10. The number of nitrogens with one attached hydrogen (secondary N) is 1. The van der Waals surface area contributed by atoms with Crippen LogP contribution in [0.3, 0.4) is 0 Å². The van der Waals surface area contributed by atoms with Gasteiger partial charge in [0.25, 0.3) is 6.43 Å². The van der Waals surface area contributed by atoms with Gasteiger partial charge in [-0.1, -0.05) is 0 Å². The number of hydrogen-bond acceptors (Lipinski definition) is 4. The fourth-order valence-electron chi connectivity index (χ4n) is 1.79. The Morgan fingerprint density at radius 3 is 2.65 bits per heavy atom. The van der Waals surface area contributed by atoms with Gasteiger partial charge in [-0.25, -0.2) is 22.0 Å². The molecule has 0 aromatic carbocycles. The summed E-state index contributed by atoms with van der Waals surface area (Å²) >= 11 is 0. The first-order chi connectivity index (χ1) is 9.35. The molecule has 20 heavy (non-hydrogen) atoms. The molecular weight excluding hydrogens is 294 g/mol. The minimum atomic E-state index is -3.05. The molecule has 1 saturated heterocycles. The zero-order valence-corrected chi connectivity index (χ0v) is 11.3. The third kappa shape index (κ3) is 3.89. The molecule has 0 aliphatic carbocycles. The fraction of sp³-hybridized carbons (Fsp3) is 0.600. The molecule has 0 spiro atoms. The van der Waals surface area contributed by atoms with Gasteiger partial charge in [0.05, 0.1) is 23.4 Å². The molecule has 10 heteroatoms. The molecule has 1 aromatic heterocycles. The normalized spacial score (nSPS) is 18.2. The Labute approximate surface area is 114 Å². The summed E-state index contributed by atoms with van der Waals surface area (Å²) in [5.74, 6) is -0.129. The highest BCUT2D eigenvalue weighted by atomic mass is 32.2. The first-order valence-electron chi connectivity index (χ1n) is 5.93. The van der Waals surface area contributed by atoms with Crippen molar-refractivity contribution in [3.05, 3.63) is 12.4 Å². The van der Waals surface area contributed by atoms with Crippen LogP contribution in [-0.2, 0) is 16.4 Å². The molecule has 0 bridgehead atoms. The zero-order valence-electron chi connectivity index (χ0n) is 10.5. The van der Waals surface area contributed by atoms with Crippen molar-refractivity contribution in [2.75, 3.05) is 29.9 Å². The van der Waals surface area contributed by atoms with E-state index in [1.165, 1.54) is 17.3 Å². The number of amides is 2. The lowest BCUT2D eigenvalue weighted by Crippen LogP contribution is -2.45. The van der Waals surface area contributed by atoms with Crippen molar-refractivity contribution in [1.29, 1.82) is 0 Å². The molecule has 1 fully saturated rings. The first-order valence-corrected chi connectivity index (χ1v) is 7.75. The summed E-state index contributed by atoms with van der Waals surface area (Å²) in [6, 6.07) is -0.462. The summed E-state index contributed by atoms with van der Waals surface area (Å²) in [6.45, 7) is -0.295. The molecule has 1 aromatic rings. The molecule has 0 radical (unpaired) electrons. The van der Waals surface area contributed by atoms with Gasteiger partial charge in [-0.3, -0.25) is 4.68 Å². The summed E-state index contributed by atoms with van der Waals surface area (Å²) in [5, 5.41) is 6.18. The average molecular weight is 308 g/mol. The number of halogens is 2. The summed E-state index contributed by atoms with van der Waals surface area (Å²) in [4.78, 5) is 13.2. The summed E-state index contributed by atoms with van der Waals surface area (Å²) in [6.07, 6.45) is 0.0388. The molecule has 1 N–H and O–H groups in total. The summed E-state index contributed by atoms with van der Waals surface area (Å²) < 4.78 is 47.8. The van der Waals surface area contributed by atoms with E-state index in [2.05, 4.69) is 10.4 Å². The van der Waals surface area contributed by atoms with Crippen LogP contribution in [0.4, 0.5) is 19.3 Å². The Bertz CT molecular complexity index is 573. The zero-order chi connectivity index (χ0) is 14.8. The van der Waals surface area contributed by atoms with Crippen LogP contribution in [-0.4, -0.2) is 60.1 Å². The quantitative estimate of drug-likeness (QED) is 0.876. The van der Waals surface area contributed by atoms with Crippen LogP contribution in [0.5, 0.6) is 0 Å². The van der Waals surface area contributed by atoms with Crippen LogP contribution in [0.2, 0.25) is 0 Å². The summed E-state index contributed by atoms with van der Waals surface area (Å²) in [7, 11) is -3.05. The van der Waals surface area contributed by atoms with Gasteiger partial charge in [0.2, 0.25) is 0 Å². The molecule has 112 valence electrons. The smallest absolute Gasteiger partial charge is 0.321 e. The molecule has 0 saturated carbocycles. The SMILES string of the molecule is O=C(Nc1cnn(CC(F)F)c1)N1CCS(=O)(=O)CC1. The van der Waals surface area contributed by atoms with Crippen molar-refractivity contribution in [2.45, 2.75) is 13.0 Å². The predicted octanol–water partition coefficient (Wildman–Crippen LogP) is 0.411. The maximum atomic E-state index is 12.1. The van der Waals surface area contributed by atoms with E-state index < -0.39 is 28.8 Å². The molecule has 0 atom stereocenters. The third-order valence-corrected chi connectivity index (χ3v) is 4.45. The number of carbonyl (C=O) groups is 1. The van der Waals surface area contributed by atoms with E-state index in [0.717, 1.165) is 4.68 Å². The van der Waals surface area contributed by atoms with E-state index in [1.54, 1.807) is 0 Å². The highest BCUT2D eigenvalue weighted by Gasteiger charge is 2.25. The Morgan fingerprint density at radius 1 is 1.40 bits per heavy atom. The van der Waals surface area contributed by atoms with E-state index in [0.29, 0.717) is 5.69 Å². The van der Waals surface area contributed by atoms with Crippen molar-refractivity contribution >= 4 is 21.6 Å². The van der Waals surface area contributed by atoms with Gasteiger partial charge in [-0.15, -0.1) is 0 Å². The Morgan fingerprint density at radius 2 is 2.05 bits per heavy atom. The molecule has 2 rings (SSSR count). The standard InChI is InChI=1S/C10H14F2N4O3S/c11-9(12)7-16-6-8(5-13-16)14-10(17)15-1-3-20(18,19)4-2-15/h5-6,9H,1-4,7H2,(H,14,17). The first kappa shape index (κ1) is 14.7. The van der Waals surface area contributed by atoms with E-state index >= 15 is 0 Å². The van der Waals surface area contributed by atoms with E-state index in [1.807, 2.05) is 0 Å². The second-order valence-corrected chi connectivity index (χ2v) is 6.71. The van der Waals surface area contributed by atoms with E-state index in [9.17, 15) is 22.0 Å². The van der Waals surface area contributed by atoms with Crippen LogP contribution in [0.25, 0.3) is 0 Å². The summed E-state index contributed by atoms with van der Waals surface area (Å²) in [5.41, 5.74) is 0.295. The topological polar surface area (TPSA) is 84.3 Å². The molecular formula is C10H14F2N4O3S. The number of carbonyl (C=O) groups excluding carboxylic acids is 1. The Kier molecular flexibility index (Phi) is 4.21. The Balaban J connectivity index is 1.90. The molecule has 2 heterocycles. The maximum Gasteiger partial charge on any atom is 0.321 e. The van der Waals surface area contributed by atoms with Gasteiger partial charge in [0.15, 0.2) is 9.84 Å². The molecule has 1 aliphatic rings. The van der Waals surface area contributed by atoms with Crippen molar-refractivity contribution in [2.24, 2.45) is 0 Å². The third-order valence-electron chi connectivity index (χ3n) is 2.84. The van der Waals surface area contributed by atoms with Gasteiger partial charge >= 0.3 is 6.03 Å². The van der Waals surface area contributed by atoms with Crippen LogP contribution >= 0.6 is 0 Å². The van der Waals surface area contributed by atoms with Gasteiger partial charge < -0.3 is 10.2 Å². The number of aromatic nitrogens is 2. The predicted molar refractivity (Wildman–Crippen MR) is 67.5 cm³/mol. The Hall–Kier alpha value is -1.71. The number of alkyl halides is 2. The number of nitrogens with zero attached hydrogens (tertiary/aromatic N) is 3. The number of urea groups is 1. The minimum Gasteiger partial charge on any atom is -0.322 e. The molecule has 2 amide bonds. The lowest BCUT2D eigenvalue weighted by Gasteiger charge is -2.26. The van der Waals surface area contributed by atoms with Crippen LogP contribution in [0.15, 0.2) is 12.4 Å². The number of rotatable bonds is 3. The fourth-order valence-corrected chi connectivity index (χ4v) is 2.99. The highest BCUT2D eigenvalue weighted by molar-refractivity contribution is 7.91. The van der Waals surface area contributed by atoms with E-state index in [4.69, 9.17) is 0 Å². The van der Waals surface area contributed by atoms with Crippen molar-refractivity contribution in [3.63, 3.8) is 0 Å². The van der Waals surface area contributed by atoms with Crippen LogP contribution in [0.1, 0.15) is 0 Å². The lowest BCUT2D eigenvalue weighted by atomic mass is 10.5. The van der Waals surface area contributed by atoms with Crippen molar-refractivity contribution in [1.82, 2.24) is 14.7 Å². The minimum absolute atomic E-state index is 0.0644. The van der Waals surface area contributed by atoms with Crippen molar-refractivity contribution < 1.29 is 22.0 Å². The number of sulfone groups is 1. The number of anilines is 1. The maximum absolute atomic E-state index is 12.1.